The molecule has 68 valence electrons. The Hall–Kier alpha value is -1.80. The molecule has 0 unspecified atom stereocenters. The van der Waals surface area contributed by atoms with E-state index in [1.807, 2.05) is 12.1 Å². The van der Waals surface area contributed by atoms with Gasteiger partial charge in [0.1, 0.15) is 10.7 Å². The zero-order chi connectivity index (χ0) is 9.80. The van der Waals surface area contributed by atoms with Crippen LogP contribution in [0.1, 0.15) is 4.88 Å². The molecule has 5 heteroatoms. The molecule has 0 aliphatic carbocycles. The molecule has 0 spiro atoms. The molecule has 4 nitrogen and oxygen atoms in total. The molecule has 2 rings (SSSR count). The second-order valence-electron chi connectivity index (χ2n) is 2.58. The summed E-state index contributed by atoms with van der Waals surface area (Å²) in [4.78, 5) is 5.12. The second kappa shape index (κ2) is 3.94. The molecule has 0 aliphatic heterocycles. The van der Waals surface area contributed by atoms with Gasteiger partial charge in [0.25, 0.3) is 0 Å². The summed E-state index contributed by atoms with van der Waals surface area (Å²) in [7, 11) is 0. The fourth-order valence-corrected chi connectivity index (χ4v) is 1.81. The van der Waals surface area contributed by atoms with Crippen LogP contribution >= 0.6 is 11.3 Å². The third-order valence-corrected chi connectivity index (χ3v) is 2.62. The first-order valence-corrected chi connectivity index (χ1v) is 4.81. The van der Waals surface area contributed by atoms with E-state index in [0.717, 1.165) is 15.6 Å². The molecule has 0 bridgehead atoms. The van der Waals surface area contributed by atoms with Crippen LogP contribution in [0.2, 0.25) is 0 Å². The van der Waals surface area contributed by atoms with Gasteiger partial charge in [-0.3, -0.25) is 0 Å². The largest absolute Gasteiger partial charge is 0.242 e. The Bertz CT molecular complexity index is 457. The van der Waals surface area contributed by atoms with E-state index < -0.39 is 0 Å². The van der Waals surface area contributed by atoms with E-state index in [2.05, 4.69) is 21.3 Å². The monoisotopic (exact) mass is 202 g/mol. The minimum Gasteiger partial charge on any atom is -0.242 e. The van der Waals surface area contributed by atoms with Crippen LogP contribution in [0.25, 0.3) is 10.7 Å². The number of thiazole rings is 1. The van der Waals surface area contributed by atoms with Crippen molar-refractivity contribution in [2.24, 2.45) is 0 Å². The fourth-order valence-electron chi connectivity index (χ4n) is 1.00. The predicted molar refractivity (Wildman–Crippen MR) is 52.5 cm³/mol. The van der Waals surface area contributed by atoms with Crippen molar-refractivity contribution in [1.82, 2.24) is 15.2 Å². The number of hydrogen-bond donors (Lipinski definition) is 0. The Morgan fingerprint density at radius 1 is 1.50 bits per heavy atom. The van der Waals surface area contributed by atoms with Crippen molar-refractivity contribution >= 4 is 11.3 Å². The van der Waals surface area contributed by atoms with Crippen LogP contribution in [0, 0.1) is 11.3 Å². The van der Waals surface area contributed by atoms with Crippen LogP contribution in [-0.2, 0) is 6.42 Å². The first-order chi connectivity index (χ1) is 6.90. The minimum atomic E-state index is 0.401. The van der Waals surface area contributed by atoms with Crippen LogP contribution in [0.3, 0.4) is 0 Å². The molecule has 0 aliphatic rings. The van der Waals surface area contributed by atoms with Gasteiger partial charge in [0.15, 0.2) is 0 Å². The van der Waals surface area contributed by atoms with E-state index in [-0.39, 0.29) is 0 Å². The molecule has 0 aromatic carbocycles. The van der Waals surface area contributed by atoms with E-state index in [4.69, 9.17) is 5.26 Å². The molecule has 0 saturated carbocycles. The van der Waals surface area contributed by atoms with Gasteiger partial charge in [-0.15, -0.1) is 16.4 Å². The predicted octanol–water partition coefficient (Wildman–Crippen LogP) is 1.67. The SMILES string of the molecule is N#CCc1cnc(-c2cccnn2)s1. The molecular weight excluding hydrogens is 196 g/mol. The summed E-state index contributed by atoms with van der Waals surface area (Å²) in [6.07, 6.45) is 3.73. The summed E-state index contributed by atoms with van der Waals surface area (Å²) in [5.41, 5.74) is 0.752. The first kappa shape index (κ1) is 8.78. The standard InChI is InChI=1S/C9H6N4S/c10-4-3-7-6-11-9(14-7)8-2-1-5-12-13-8/h1-2,5-6H,3H2. The number of hydrogen-bond acceptors (Lipinski definition) is 5. The maximum atomic E-state index is 8.50. The average molecular weight is 202 g/mol. The highest BCUT2D eigenvalue weighted by Gasteiger charge is 2.04. The van der Waals surface area contributed by atoms with Crippen LogP contribution in [-0.4, -0.2) is 15.2 Å². The van der Waals surface area contributed by atoms with Gasteiger partial charge in [0.05, 0.1) is 12.5 Å². The smallest absolute Gasteiger partial charge is 0.143 e. The summed E-state index contributed by atoms with van der Waals surface area (Å²) < 4.78 is 0. The van der Waals surface area contributed by atoms with Crippen molar-refractivity contribution in [2.45, 2.75) is 6.42 Å². The van der Waals surface area contributed by atoms with Crippen molar-refractivity contribution in [3.63, 3.8) is 0 Å². The van der Waals surface area contributed by atoms with Gasteiger partial charge in [0, 0.05) is 17.3 Å². The number of aromatic nitrogens is 3. The van der Waals surface area contributed by atoms with Gasteiger partial charge in [-0.05, 0) is 12.1 Å². The first-order valence-electron chi connectivity index (χ1n) is 4.00. The third-order valence-electron chi connectivity index (χ3n) is 1.60. The topological polar surface area (TPSA) is 62.5 Å². The number of nitrogens with zero attached hydrogens (tertiary/aromatic N) is 4. The Morgan fingerprint density at radius 3 is 3.14 bits per heavy atom. The lowest BCUT2D eigenvalue weighted by Gasteiger charge is -1.90. The summed E-state index contributed by atoms with van der Waals surface area (Å²) in [5, 5.41) is 17.0. The third kappa shape index (κ3) is 1.75. The van der Waals surface area contributed by atoms with Gasteiger partial charge in [-0.25, -0.2) is 4.98 Å². The van der Waals surface area contributed by atoms with Crippen molar-refractivity contribution in [3.05, 3.63) is 29.4 Å². The molecule has 0 N–H and O–H groups in total. The quantitative estimate of drug-likeness (QED) is 0.743. The highest BCUT2D eigenvalue weighted by Crippen LogP contribution is 2.22. The fraction of sp³-hybridized carbons (Fsp3) is 0.111. The summed E-state index contributed by atoms with van der Waals surface area (Å²) in [5.74, 6) is 0. The lowest BCUT2D eigenvalue weighted by Crippen LogP contribution is -1.83. The summed E-state index contributed by atoms with van der Waals surface area (Å²) in [6, 6.07) is 5.75. The zero-order valence-corrected chi connectivity index (χ0v) is 8.03. The van der Waals surface area contributed by atoms with Crippen molar-refractivity contribution in [2.75, 3.05) is 0 Å². The maximum absolute atomic E-state index is 8.50. The molecule has 0 atom stereocenters. The molecule has 0 radical (unpaired) electrons. The lowest BCUT2D eigenvalue weighted by atomic mass is 10.4. The van der Waals surface area contributed by atoms with Gasteiger partial charge < -0.3 is 0 Å². The van der Waals surface area contributed by atoms with E-state index in [1.54, 1.807) is 12.4 Å². The van der Waals surface area contributed by atoms with Crippen LogP contribution < -0.4 is 0 Å². The highest BCUT2D eigenvalue weighted by molar-refractivity contribution is 7.15. The Morgan fingerprint density at radius 2 is 2.43 bits per heavy atom. The molecule has 14 heavy (non-hydrogen) atoms. The van der Waals surface area contributed by atoms with E-state index in [0.29, 0.717) is 6.42 Å². The summed E-state index contributed by atoms with van der Waals surface area (Å²) in [6.45, 7) is 0. The van der Waals surface area contributed by atoms with E-state index in [1.165, 1.54) is 11.3 Å². The van der Waals surface area contributed by atoms with Crippen molar-refractivity contribution in [1.29, 1.82) is 5.26 Å². The van der Waals surface area contributed by atoms with Gasteiger partial charge in [0.2, 0.25) is 0 Å². The van der Waals surface area contributed by atoms with Gasteiger partial charge in [-0.1, -0.05) is 0 Å². The van der Waals surface area contributed by atoms with Crippen LogP contribution in [0.4, 0.5) is 0 Å². The highest BCUT2D eigenvalue weighted by atomic mass is 32.1. The van der Waals surface area contributed by atoms with Crippen molar-refractivity contribution < 1.29 is 0 Å². The molecule has 2 aromatic rings. The Labute approximate surface area is 84.9 Å². The molecule has 2 heterocycles. The zero-order valence-electron chi connectivity index (χ0n) is 7.21. The number of nitriles is 1. The maximum Gasteiger partial charge on any atom is 0.143 e. The molecule has 0 amide bonds. The molecule has 2 aromatic heterocycles. The molecular formula is C9H6N4S. The van der Waals surface area contributed by atoms with E-state index in [9.17, 15) is 0 Å². The lowest BCUT2D eigenvalue weighted by molar-refractivity contribution is 1.03. The second-order valence-corrected chi connectivity index (χ2v) is 3.69. The summed E-state index contributed by atoms with van der Waals surface area (Å²) >= 11 is 1.47. The Kier molecular flexibility index (Phi) is 2.47. The average Bonchev–Trinajstić information content (AvgIpc) is 2.68. The van der Waals surface area contributed by atoms with Gasteiger partial charge in [-0.2, -0.15) is 10.4 Å². The normalized spacial score (nSPS) is 9.64. The van der Waals surface area contributed by atoms with Crippen LogP contribution in [0.5, 0.6) is 0 Å². The Balaban J connectivity index is 2.31. The number of rotatable bonds is 2. The molecule has 0 fully saturated rings. The van der Waals surface area contributed by atoms with Crippen LogP contribution in [0.15, 0.2) is 24.5 Å². The van der Waals surface area contributed by atoms with Crippen molar-refractivity contribution in [3.8, 4) is 16.8 Å². The van der Waals surface area contributed by atoms with E-state index >= 15 is 0 Å². The minimum absolute atomic E-state index is 0.401. The van der Waals surface area contributed by atoms with Gasteiger partial charge >= 0.3 is 0 Å². The molecule has 0 saturated heterocycles.